The maximum absolute atomic E-state index is 11.3. The zero-order valence-electron chi connectivity index (χ0n) is 10.3. The molecule has 0 aliphatic heterocycles. The van der Waals surface area contributed by atoms with E-state index in [0.29, 0.717) is 6.54 Å². The van der Waals surface area contributed by atoms with Gasteiger partial charge in [0.25, 0.3) is 0 Å². The summed E-state index contributed by atoms with van der Waals surface area (Å²) in [6.45, 7) is 1.47. The predicted molar refractivity (Wildman–Crippen MR) is 70.6 cm³/mol. The van der Waals surface area contributed by atoms with Gasteiger partial charge >= 0.3 is 6.03 Å². The molecule has 0 saturated heterocycles. The lowest BCUT2D eigenvalue weighted by Gasteiger charge is -2.09. The van der Waals surface area contributed by atoms with Gasteiger partial charge in [-0.25, -0.2) is 4.79 Å². The van der Waals surface area contributed by atoms with Gasteiger partial charge < -0.3 is 15.5 Å². The highest BCUT2D eigenvalue weighted by atomic mass is 16.2. The van der Waals surface area contributed by atoms with Gasteiger partial charge in [-0.05, 0) is 25.7 Å². The van der Waals surface area contributed by atoms with E-state index < -0.39 is 0 Å². The van der Waals surface area contributed by atoms with Crippen molar-refractivity contribution in [2.45, 2.75) is 0 Å². The minimum atomic E-state index is -0.181. The van der Waals surface area contributed by atoms with Crippen molar-refractivity contribution >= 4 is 12.1 Å². The molecule has 2 N–H and O–H groups in total. The summed E-state index contributed by atoms with van der Waals surface area (Å²) in [6.07, 6.45) is 3.49. The van der Waals surface area contributed by atoms with Crippen molar-refractivity contribution < 1.29 is 4.79 Å². The van der Waals surface area contributed by atoms with Crippen LogP contribution < -0.4 is 10.6 Å². The smallest absolute Gasteiger partial charge is 0.318 e. The van der Waals surface area contributed by atoms with E-state index in [0.717, 1.165) is 12.1 Å². The number of likely N-dealkylation sites (N-methyl/N-ethyl adjacent to an activating group) is 1. The Balaban J connectivity index is 2.22. The Kier molecular flexibility index (Phi) is 5.82. The van der Waals surface area contributed by atoms with Crippen LogP contribution in [0.2, 0.25) is 0 Å². The van der Waals surface area contributed by atoms with Crippen molar-refractivity contribution in [3.63, 3.8) is 0 Å². The Bertz CT molecular complexity index is 360. The van der Waals surface area contributed by atoms with E-state index in [4.69, 9.17) is 0 Å². The third-order valence-electron chi connectivity index (χ3n) is 2.13. The number of nitrogens with one attached hydrogen (secondary N) is 2. The van der Waals surface area contributed by atoms with Gasteiger partial charge in [-0.2, -0.15) is 0 Å². The van der Waals surface area contributed by atoms with Crippen LogP contribution in [-0.4, -0.2) is 38.1 Å². The highest BCUT2D eigenvalue weighted by Gasteiger charge is 1.95. The fourth-order valence-corrected chi connectivity index (χ4v) is 1.22. The zero-order valence-corrected chi connectivity index (χ0v) is 10.3. The van der Waals surface area contributed by atoms with E-state index in [1.54, 1.807) is 6.20 Å². The second-order valence-corrected chi connectivity index (χ2v) is 3.95. The number of rotatable bonds is 5. The molecule has 0 atom stereocenters. The Labute approximate surface area is 102 Å². The molecular weight excluding hydrogens is 214 g/mol. The highest BCUT2D eigenvalue weighted by molar-refractivity contribution is 5.75. The fraction of sp³-hybridized carbons (Fsp3) is 0.308. The van der Waals surface area contributed by atoms with Crippen LogP contribution in [0.3, 0.4) is 0 Å². The van der Waals surface area contributed by atoms with E-state index in [9.17, 15) is 4.79 Å². The van der Waals surface area contributed by atoms with Gasteiger partial charge in [-0.1, -0.05) is 30.3 Å². The summed E-state index contributed by atoms with van der Waals surface area (Å²) in [5, 5.41) is 5.41. The van der Waals surface area contributed by atoms with E-state index >= 15 is 0 Å². The number of hydrogen-bond donors (Lipinski definition) is 2. The van der Waals surface area contributed by atoms with Crippen LogP contribution in [0.1, 0.15) is 5.56 Å². The number of benzene rings is 1. The second kappa shape index (κ2) is 7.46. The molecule has 0 aliphatic rings. The zero-order chi connectivity index (χ0) is 12.5. The topological polar surface area (TPSA) is 44.4 Å². The molecule has 4 nitrogen and oxygen atoms in total. The molecule has 0 unspecified atom stereocenters. The summed E-state index contributed by atoms with van der Waals surface area (Å²) in [5.74, 6) is 0. The normalized spacial score (nSPS) is 10.8. The lowest BCUT2D eigenvalue weighted by atomic mass is 10.2. The number of nitrogens with zero attached hydrogens (tertiary/aromatic N) is 1. The van der Waals surface area contributed by atoms with Gasteiger partial charge in [0, 0.05) is 19.3 Å². The molecule has 17 heavy (non-hydrogen) atoms. The standard InChI is InChI=1S/C13H19N3O/c1-16(2)11-10-15-13(17)14-9-8-12-6-4-3-5-7-12/h3-9H,10-11H2,1-2H3,(H2,14,15,17)/b9-8+. The first-order valence-corrected chi connectivity index (χ1v) is 5.59. The number of carbonyl (C=O) groups is 1. The van der Waals surface area contributed by atoms with Crippen LogP contribution in [0.5, 0.6) is 0 Å². The molecule has 0 aliphatic carbocycles. The van der Waals surface area contributed by atoms with Crippen LogP contribution in [0.4, 0.5) is 4.79 Å². The monoisotopic (exact) mass is 233 g/mol. The molecular formula is C13H19N3O. The van der Waals surface area contributed by atoms with Gasteiger partial charge in [0.2, 0.25) is 0 Å². The summed E-state index contributed by atoms with van der Waals surface area (Å²) in [6, 6.07) is 9.63. The molecule has 92 valence electrons. The van der Waals surface area contributed by atoms with Crippen molar-refractivity contribution in [2.24, 2.45) is 0 Å². The fourth-order valence-electron chi connectivity index (χ4n) is 1.22. The van der Waals surface area contributed by atoms with Crippen LogP contribution in [-0.2, 0) is 0 Å². The number of carbonyl (C=O) groups excluding carboxylic acids is 1. The van der Waals surface area contributed by atoms with Crippen molar-refractivity contribution in [3.8, 4) is 0 Å². The molecule has 1 aromatic carbocycles. The predicted octanol–water partition coefficient (Wildman–Crippen LogP) is 1.52. The molecule has 4 heteroatoms. The van der Waals surface area contributed by atoms with Crippen molar-refractivity contribution in [1.82, 2.24) is 15.5 Å². The molecule has 0 spiro atoms. The minimum absolute atomic E-state index is 0.181. The molecule has 0 aromatic heterocycles. The molecule has 1 rings (SSSR count). The maximum Gasteiger partial charge on any atom is 0.318 e. The summed E-state index contributed by atoms with van der Waals surface area (Å²) in [5.41, 5.74) is 1.06. The van der Waals surface area contributed by atoms with E-state index in [-0.39, 0.29) is 6.03 Å². The van der Waals surface area contributed by atoms with Crippen molar-refractivity contribution in [3.05, 3.63) is 42.1 Å². The van der Waals surface area contributed by atoms with Gasteiger partial charge in [-0.15, -0.1) is 0 Å². The van der Waals surface area contributed by atoms with Gasteiger partial charge in [-0.3, -0.25) is 0 Å². The summed E-state index contributed by atoms with van der Waals surface area (Å²) in [4.78, 5) is 13.3. The Morgan fingerprint density at radius 1 is 1.29 bits per heavy atom. The third-order valence-corrected chi connectivity index (χ3v) is 2.13. The molecule has 0 heterocycles. The summed E-state index contributed by atoms with van der Waals surface area (Å²) < 4.78 is 0. The van der Waals surface area contributed by atoms with Crippen LogP contribution in [0, 0.1) is 0 Å². The largest absolute Gasteiger partial charge is 0.337 e. The summed E-state index contributed by atoms with van der Waals surface area (Å²) >= 11 is 0. The van der Waals surface area contributed by atoms with E-state index in [1.807, 2.05) is 55.4 Å². The number of hydrogen-bond acceptors (Lipinski definition) is 2. The Hall–Kier alpha value is -1.81. The van der Waals surface area contributed by atoms with E-state index in [1.165, 1.54) is 0 Å². The van der Waals surface area contributed by atoms with Gasteiger partial charge in [0.1, 0.15) is 0 Å². The molecule has 1 aromatic rings. The Morgan fingerprint density at radius 2 is 2.00 bits per heavy atom. The van der Waals surface area contributed by atoms with Crippen LogP contribution in [0.15, 0.2) is 36.5 Å². The minimum Gasteiger partial charge on any atom is -0.337 e. The van der Waals surface area contributed by atoms with Gasteiger partial charge in [0.05, 0.1) is 0 Å². The van der Waals surface area contributed by atoms with Crippen LogP contribution in [0.25, 0.3) is 6.08 Å². The average molecular weight is 233 g/mol. The van der Waals surface area contributed by atoms with Crippen molar-refractivity contribution in [1.29, 1.82) is 0 Å². The van der Waals surface area contributed by atoms with Crippen LogP contribution >= 0.6 is 0 Å². The molecule has 2 amide bonds. The van der Waals surface area contributed by atoms with Crippen molar-refractivity contribution in [2.75, 3.05) is 27.2 Å². The SMILES string of the molecule is CN(C)CCNC(=O)N/C=C/c1ccccc1. The molecule has 0 saturated carbocycles. The lowest BCUT2D eigenvalue weighted by Crippen LogP contribution is -2.36. The first-order chi connectivity index (χ1) is 8.18. The molecule has 0 bridgehead atoms. The molecule has 0 fully saturated rings. The number of amides is 2. The quantitative estimate of drug-likeness (QED) is 0.810. The van der Waals surface area contributed by atoms with Gasteiger partial charge in [0.15, 0.2) is 0 Å². The first kappa shape index (κ1) is 13.3. The summed E-state index contributed by atoms with van der Waals surface area (Å²) in [7, 11) is 3.93. The average Bonchev–Trinajstić information content (AvgIpc) is 2.30. The highest BCUT2D eigenvalue weighted by Crippen LogP contribution is 1.99. The maximum atomic E-state index is 11.3. The lowest BCUT2D eigenvalue weighted by molar-refractivity contribution is 0.243. The Morgan fingerprint density at radius 3 is 2.65 bits per heavy atom. The molecule has 0 radical (unpaired) electrons. The van der Waals surface area contributed by atoms with E-state index in [2.05, 4.69) is 10.6 Å². The second-order valence-electron chi connectivity index (χ2n) is 3.95. The number of urea groups is 1. The third kappa shape index (κ3) is 6.37. The first-order valence-electron chi connectivity index (χ1n) is 5.59.